The van der Waals surface area contributed by atoms with Gasteiger partial charge in [-0.05, 0) is 81.5 Å². The van der Waals surface area contributed by atoms with Crippen LogP contribution in [0, 0.1) is 0 Å². The van der Waals surface area contributed by atoms with Gasteiger partial charge in [0, 0.05) is 25.5 Å². The number of aromatic nitrogens is 5. The average Bonchev–Trinajstić information content (AvgIpc) is 3.36. The summed E-state index contributed by atoms with van der Waals surface area (Å²) in [6.07, 6.45) is 11.4. The molecular formula is C27H33N7O. The van der Waals surface area contributed by atoms with Gasteiger partial charge in [-0.2, -0.15) is 5.10 Å². The number of aromatic amines is 1. The van der Waals surface area contributed by atoms with E-state index in [1.54, 1.807) is 16.9 Å². The standard InChI is InChI=1S/C27H33N7O/c1-32(2)13-8-20-3-5-22(6-4-20)23-10-15-33(16-11-23)14-9-21-17-31-34(18-21)26-25-24(7-12-28-26)27(35)30-19-29-25/h3-7,12,17-19,23H,8-11,13-16H2,1-2H3,(H,29,30,35). The van der Waals surface area contributed by atoms with E-state index < -0.39 is 0 Å². The van der Waals surface area contributed by atoms with Crippen molar-refractivity contribution in [3.63, 3.8) is 0 Å². The summed E-state index contributed by atoms with van der Waals surface area (Å²) in [5.74, 6) is 1.23. The second-order valence-corrected chi connectivity index (χ2v) is 9.72. The molecule has 5 rings (SSSR count). The lowest BCUT2D eigenvalue weighted by atomic mass is 9.88. The van der Waals surface area contributed by atoms with Crippen LogP contribution in [0.5, 0.6) is 0 Å². The zero-order valence-corrected chi connectivity index (χ0v) is 20.5. The zero-order chi connectivity index (χ0) is 24.2. The van der Waals surface area contributed by atoms with Gasteiger partial charge in [0.05, 0.1) is 17.9 Å². The number of nitrogens with zero attached hydrogens (tertiary/aromatic N) is 6. The molecule has 0 aliphatic carbocycles. The molecule has 0 radical (unpaired) electrons. The lowest BCUT2D eigenvalue weighted by molar-refractivity contribution is 0.214. The minimum Gasteiger partial charge on any atom is -0.313 e. The van der Waals surface area contributed by atoms with Gasteiger partial charge in [-0.1, -0.05) is 24.3 Å². The van der Waals surface area contributed by atoms with E-state index in [2.05, 4.69) is 68.2 Å². The molecule has 1 aromatic carbocycles. The SMILES string of the molecule is CN(C)CCc1ccc(C2CCN(CCc3cnn(-c4nccc5c(=O)[nH]cnc45)c3)CC2)cc1. The summed E-state index contributed by atoms with van der Waals surface area (Å²) in [4.78, 5) is 28.2. The Morgan fingerprint density at radius 1 is 1.03 bits per heavy atom. The van der Waals surface area contributed by atoms with Crippen molar-refractivity contribution in [3.8, 4) is 5.82 Å². The number of hydrogen-bond acceptors (Lipinski definition) is 6. The van der Waals surface area contributed by atoms with Crippen molar-refractivity contribution in [2.45, 2.75) is 31.6 Å². The van der Waals surface area contributed by atoms with Crippen LogP contribution in [0.3, 0.4) is 0 Å². The fraction of sp³-hybridized carbons (Fsp3) is 0.407. The first-order valence-electron chi connectivity index (χ1n) is 12.4. The molecule has 182 valence electrons. The van der Waals surface area contributed by atoms with Crippen LogP contribution in [0.15, 0.2) is 60.0 Å². The number of piperidine rings is 1. The molecule has 1 fully saturated rings. The van der Waals surface area contributed by atoms with Crippen molar-refractivity contribution in [1.82, 2.24) is 34.5 Å². The highest BCUT2D eigenvalue weighted by Crippen LogP contribution is 2.28. The molecule has 0 unspecified atom stereocenters. The minimum absolute atomic E-state index is 0.172. The van der Waals surface area contributed by atoms with Crippen LogP contribution in [0.25, 0.3) is 16.7 Å². The molecule has 4 heterocycles. The normalized spacial score (nSPS) is 15.3. The fourth-order valence-corrected chi connectivity index (χ4v) is 4.85. The van der Waals surface area contributed by atoms with Gasteiger partial charge >= 0.3 is 0 Å². The topological polar surface area (TPSA) is 82.9 Å². The summed E-state index contributed by atoms with van der Waals surface area (Å²) in [6.45, 7) is 4.35. The van der Waals surface area contributed by atoms with Gasteiger partial charge in [-0.25, -0.2) is 14.6 Å². The molecular weight excluding hydrogens is 438 g/mol. The Kier molecular flexibility index (Phi) is 7.01. The van der Waals surface area contributed by atoms with Crippen LogP contribution in [0.4, 0.5) is 0 Å². The van der Waals surface area contributed by atoms with Gasteiger partial charge in [-0.3, -0.25) is 4.79 Å². The number of H-pyrrole nitrogens is 1. The van der Waals surface area contributed by atoms with Gasteiger partial charge in [0.25, 0.3) is 5.56 Å². The Morgan fingerprint density at radius 3 is 2.60 bits per heavy atom. The third kappa shape index (κ3) is 5.49. The first kappa shape index (κ1) is 23.4. The summed E-state index contributed by atoms with van der Waals surface area (Å²) in [7, 11) is 4.24. The van der Waals surface area contributed by atoms with E-state index in [0.29, 0.717) is 22.6 Å². The molecule has 0 atom stereocenters. The maximum Gasteiger partial charge on any atom is 0.258 e. The van der Waals surface area contributed by atoms with Crippen molar-refractivity contribution in [2.24, 2.45) is 0 Å². The monoisotopic (exact) mass is 471 g/mol. The van der Waals surface area contributed by atoms with E-state index in [0.717, 1.165) is 44.6 Å². The number of fused-ring (bicyclic) bond motifs is 1. The summed E-state index contributed by atoms with van der Waals surface area (Å²) in [6, 6.07) is 11.0. The number of rotatable bonds is 8. The van der Waals surface area contributed by atoms with Gasteiger partial charge in [-0.15, -0.1) is 0 Å². The quantitative estimate of drug-likeness (QED) is 0.425. The van der Waals surface area contributed by atoms with E-state index in [9.17, 15) is 4.79 Å². The minimum atomic E-state index is -0.172. The summed E-state index contributed by atoms with van der Waals surface area (Å²) < 4.78 is 1.72. The highest BCUT2D eigenvalue weighted by atomic mass is 16.1. The van der Waals surface area contributed by atoms with Crippen molar-refractivity contribution in [3.05, 3.63) is 82.3 Å². The largest absolute Gasteiger partial charge is 0.313 e. The number of pyridine rings is 1. The van der Waals surface area contributed by atoms with Crippen molar-refractivity contribution in [1.29, 1.82) is 0 Å². The second kappa shape index (κ2) is 10.5. The number of likely N-dealkylation sites (tertiary alicyclic amines) is 1. The molecule has 0 spiro atoms. The van der Waals surface area contributed by atoms with Crippen molar-refractivity contribution in [2.75, 3.05) is 40.3 Å². The van der Waals surface area contributed by atoms with Gasteiger partial charge in [0.1, 0.15) is 5.52 Å². The molecule has 4 aromatic rings. The molecule has 8 nitrogen and oxygen atoms in total. The fourth-order valence-electron chi connectivity index (χ4n) is 4.85. The third-order valence-corrected chi connectivity index (χ3v) is 7.00. The van der Waals surface area contributed by atoms with Crippen LogP contribution in [0.1, 0.15) is 35.4 Å². The summed E-state index contributed by atoms with van der Waals surface area (Å²) in [5.41, 5.74) is 4.44. The molecule has 1 aliphatic rings. The number of benzene rings is 1. The first-order chi connectivity index (χ1) is 17.1. The Balaban J connectivity index is 1.14. The predicted octanol–water partition coefficient (Wildman–Crippen LogP) is 3.03. The van der Waals surface area contributed by atoms with Gasteiger partial charge in [0.2, 0.25) is 0 Å². The van der Waals surface area contributed by atoms with E-state index in [1.807, 2.05) is 12.4 Å². The second-order valence-electron chi connectivity index (χ2n) is 9.72. The van der Waals surface area contributed by atoms with Crippen LogP contribution in [-0.4, -0.2) is 74.8 Å². The van der Waals surface area contributed by atoms with Crippen LogP contribution in [-0.2, 0) is 12.8 Å². The molecule has 3 aromatic heterocycles. The average molecular weight is 472 g/mol. The van der Waals surface area contributed by atoms with Crippen LogP contribution in [0.2, 0.25) is 0 Å². The molecule has 35 heavy (non-hydrogen) atoms. The Hall–Kier alpha value is -3.36. The van der Waals surface area contributed by atoms with E-state index in [-0.39, 0.29) is 5.56 Å². The maximum absolute atomic E-state index is 12.1. The van der Waals surface area contributed by atoms with E-state index in [1.165, 1.54) is 30.3 Å². The third-order valence-electron chi connectivity index (χ3n) is 7.00. The molecule has 1 aliphatic heterocycles. The summed E-state index contributed by atoms with van der Waals surface area (Å²) >= 11 is 0. The van der Waals surface area contributed by atoms with Gasteiger partial charge in [0.15, 0.2) is 5.82 Å². The number of likely N-dealkylation sites (N-methyl/N-ethyl adjacent to an activating group) is 1. The molecule has 1 saturated heterocycles. The first-order valence-corrected chi connectivity index (χ1v) is 12.4. The predicted molar refractivity (Wildman–Crippen MR) is 138 cm³/mol. The molecule has 1 N–H and O–H groups in total. The number of nitrogens with one attached hydrogen (secondary N) is 1. The Labute approximate surface area is 205 Å². The lowest BCUT2D eigenvalue weighted by Crippen LogP contribution is -2.34. The maximum atomic E-state index is 12.1. The van der Waals surface area contributed by atoms with E-state index >= 15 is 0 Å². The number of hydrogen-bond donors (Lipinski definition) is 1. The summed E-state index contributed by atoms with van der Waals surface area (Å²) in [5, 5.41) is 5.01. The van der Waals surface area contributed by atoms with Gasteiger partial charge < -0.3 is 14.8 Å². The Morgan fingerprint density at radius 2 is 1.83 bits per heavy atom. The van der Waals surface area contributed by atoms with Crippen LogP contribution < -0.4 is 5.56 Å². The van der Waals surface area contributed by atoms with Crippen LogP contribution >= 0.6 is 0 Å². The smallest absolute Gasteiger partial charge is 0.258 e. The van der Waals surface area contributed by atoms with Crippen molar-refractivity contribution >= 4 is 10.9 Å². The zero-order valence-electron chi connectivity index (χ0n) is 20.5. The molecule has 8 heteroatoms. The van der Waals surface area contributed by atoms with E-state index in [4.69, 9.17) is 0 Å². The molecule has 0 amide bonds. The Bertz CT molecular complexity index is 1320. The molecule has 0 bridgehead atoms. The lowest BCUT2D eigenvalue weighted by Gasteiger charge is -2.32. The molecule has 0 saturated carbocycles. The highest BCUT2D eigenvalue weighted by Gasteiger charge is 2.20. The highest BCUT2D eigenvalue weighted by molar-refractivity contribution is 5.83. The van der Waals surface area contributed by atoms with Crippen molar-refractivity contribution < 1.29 is 0 Å².